The summed E-state index contributed by atoms with van der Waals surface area (Å²) < 4.78 is 9.14. The van der Waals surface area contributed by atoms with Crippen molar-refractivity contribution in [1.82, 2.24) is 19.5 Å². The largest absolute Gasteiger partial charge is 0.360 e. The SMILES string of the molecule is C=C1C[C@@H](n2cnc3c(=O)[nH]c(NCC(C)C)nc32)[C@@H]1COC(c1ccccc1)(c1ccccc1)c1ccccc1. The lowest BCUT2D eigenvalue weighted by molar-refractivity contribution is -0.0211. The number of ether oxygens (including phenoxy) is 1. The highest BCUT2D eigenvalue weighted by atomic mass is 16.5. The van der Waals surface area contributed by atoms with Crippen LogP contribution in [0.15, 0.2) is 114 Å². The van der Waals surface area contributed by atoms with Crippen molar-refractivity contribution in [2.45, 2.75) is 31.9 Å². The van der Waals surface area contributed by atoms with E-state index in [0.717, 1.165) is 28.7 Å². The van der Waals surface area contributed by atoms with Crippen molar-refractivity contribution in [1.29, 1.82) is 0 Å². The molecule has 1 aliphatic carbocycles. The number of nitrogens with one attached hydrogen (secondary N) is 2. The van der Waals surface area contributed by atoms with Crippen LogP contribution >= 0.6 is 0 Å². The van der Waals surface area contributed by atoms with Gasteiger partial charge in [-0.05, 0) is 29.0 Å². The fraction of sp³-hybridized carbons (Fsp3) is 0.265. The summed E-state index contributed by atoms with van der Waals surface area (Å²) in [6.45, 7) is 9.73. The highest BCUT2D eigenvalue weighted by Gasteiger charge is 2.42. The first-order valence-corrected chi connectivity index (χ1v) is 14.2. The molecular weight excluding hydrogens is 510 g/mol. The molecule has 1 saturated carbocycles. The minimum Gasteiger partial charge on any atom is -0.360 e. The second-order valence-electron chi connectivity index (χ2n) is 11.1. The zero-order valence-electron chi connectivity index (χ0n) is 23.5. The Hall–Kier alpha value is -4.49. The van der Waals surface area contributed by atoms with E-state index in [4.69, 9.17) is 9.72 Å². The highest BCUT2D eigenvalue weighted by molar-refractivity contribution is 5.71. The lowest BCUT2D eigenvalue weighted by Gasteiger charge is -2.43. The third-order valence-corrected chi connectivity index (χ3v) is 7.95. The predicted molar refractivity (Wildman–Crippen MR) is 163 cm³/mol. The summed E-state index contributed by atoms with van der Waals surface area (Å²) >= 11 is 0. The third-order valence-electron chi connectivity index (χ3n) is 7.95. The van der Waals surface area contributed by atoms with E-state index >= 15 is 0 Å². The normalized spacial score (nSPS) is 17.1. The van der Waals surface area contributed by atoms with Crippen LogP contribution in [0.5, 0.6) is 0 Å². The molecule has 2 aromatic heterocycles. The van der Waals surface area contributed by atoms with E-state index in [1.54, 1.807) is 6.33 Å². The fourth-order valence-electron chi connectivity index (χ4n) is 5.73. The summed E-state index contributed by atoms with van der Waals surface area (Å²) in [6.07, 6.45) is 2.50. The summed E-state index contributed by atoms with van der Waals surface area (Å²) in [5.41, 5.74) is 4.13. The van der Waals surface area contributed by atoms with Gasteiger partial charge < -0.3 is 14.6 Å². The molecule has 5 aromatic rings. The van der Waals surface area contributed by atoms with Crippen molar-refractivity contribution in [3.05, 3.63) is 137 Å². The number of nitrogens with zero attached hydrogens (tertiary/aromatic N) is 3. The zero-order chi connectivity index (χ0) is 28.4. The average molecular weight is 546 g/mol. The van der Waals surface area contributed by atoms with Gasteiger partial charge in [0.1, 0.15) is 5.60 Å². The Morgan fingerprint density at radius 3 is 2.05 bits per heavy atom. The Morgan fingerprint density at radius 2 is 1.54 bits per heavy atom. The first kappa shape index (κ1) is 26.7. The van der Waals surface area contributed by atoms with Crippen LogP contribution < -0.4 is 10.9 Å². The first-order valence-electron chi connectivity index (χ1n) is 14.2. The molecule has 0 aliphatic heterocycles. The number of benzene rings is 3. The second-order valence-corrected chi connectivity index (χ2v) is 11.1. The van der Waals surface area contributed by atoms with E-state index in [1.807, 2.05) is 22.8 Å². The molecule has 0 spiro atoms. The molecule has 0 saturated heterocycles. The Bertz CT molecular complexity index is 1600. The molecule has 208 valence electrons. The summed E-state index contributed by atoms with van der Waals surface area (Å²) in [5, 5.41) is 3.24. The molecule has 0 radical (unpaired) electrons. The molecule has 7 nitrogen and oxygen atoms in total. The Labute approximate surface area is 240 Å². The van der Waals surface area contributed by atoms with Crippen molar-refractivity contribution in [3.8, 4) is 0 Å². The predicted octanol–water partition coefficient (Wildman–Crippen LogP) is 6.31. The molecule has 1 aliphatic rings. The van der Waals surface area contributed by atoms with Gasteiger partial charge in [0.05, 0.1) is 12.9 Å². The maximum atomic E-state index is 12.8. The van der Waals surface area contributed by atoms with Gasteiger partial charge >= 0.3 is 0 Å². The smallest absolute Gasteiger partial charge is 0.280 e. The number of fused-ring (bicyclic) bond motifs is 1. The maximum absolute atomic E-state index is 12.8. The molecule has 41 heavy (non-hydrogen) atoms. The number of hydrogen-bond donors (Lipinski definition) is 2. The van der Waals surface area contributed by atoms with E-state index in [0.29, 0.717) is 36.2 Å². The molecular formula is C34H35N5O2. The van der Waals surface area contributed by atoms with Crippen LogP contribution in [0, 0.1) is 11.8 Å². The van der Waals surface area contributed by atoms with Crippen LogP contribution in [0.4, 0.5) is 5.95 Å². The number of imidazole rings is 1. The Morgan fingerprint density at radius 1 is 0.976 bits per heavy atom. The minimum atomic E-state index is -0.815. The van der Waals surface area contributed by atoms with Crippen LogP contribution in [0.25, 0.3) is 11.2 Å². The summed E-state index contributed by atoms with van der Waals surface area (Å²) in [6, 6.07) is 31.2. The van der Waals surface area contributed by atoms with E-state index in [2.05, 4.69) is 109 Å². The van der Waals surface area contributed by atoms with Gasteiger partial charge in [0.2, 0.25) is 5.95 Å². The fourth-order valence-corrected chi connectivity index (χ4v) is 5.73. The van der Waals surface area contributed by atoms with E-state index in [-0.39, 0.29) is 17.5 Å². The van der Waals surface area contributed by atoms with Crippen molar-refractivity contribution in [3.63, 3.8) is 0 Å². The van der Waals surface area contributed by atoms with Gasteiger partial charge in [-0.2, -0.15) is 4.98 Å². The molecule has 2 atom stereocenters. The van der Waals surface area contributed by atoms with Crippen LogP contribution in [0.1, 0.15) is 43.0 Å². The van der Waals surface area contributed by atoms with Gasteiger partial charge in [-0.3, -0.25) is 9.78 Å². The van der Waals surface area contributed by atoms with Crippen LogP contribution in [0.2, 0.25) is 0 Å². The Kier molecular flexibility index (Phi) is 7.28. The Balaban J connectivity index is 1.37. The molecule has 3 aromatic carbocycles. The second kappa shape index (κ2) is 11.2. The van der Waals surface area contributed by atoms with Gasteiger partial charge in [-0.1, -0.05) is 117 Å². The molecule has 7 heteroatoms. The monoisotopic (exact) mass is 545 g/mol. The van der Waals surface area contributed by atoms with Crippen LogP contribution in [-0.4, -0.2) is 32.7 Å². The van der Waals surface area contributed by atoms with Crippen molar-refractivity contribution in [2.75, 3.05) is 18.5 Å². The van der Waals surface area contributed by atoms with Gasteiger partial charge in [0, 0.05) is 18.5 Å². The van der Waals surface area contributed by atoms with Crippen molar-refractivity contribution >= 4 is 17.1 Å². The van der Waals surface area contributed by atoms with E-state index in [1.165, 1.54) is 0 Å². The zero-order valence-corrected chi connectivity index (χ0v) is 23.5. The average Bonchev–Trinajstić information content (AvgIpc) is 3.42. The molecule has 2 heterocycles. The lowest BCUT2D eigenvalue weighted by Crippen LogP contribution is -2.40. The molecule has 6 rings (SSSR count). The minimum absolute atomic E-state index is 0.0241. The van der Waals surface area contributed by atoms with Gasteiger partial charge in [-0.25, -0.2) is 4.98 Å². The number of H-pyrrole nitrogens is 1. The first-order chi connectivity index (χ1) is 20.0. The van der Waals surface area contributed by atoms with Gasteiger partial charge in [-0.15, -0.1) is 0 Å². The summed E-state index contributed by atoms with van der Waals surface area (Å²) in [5.74, 6) is 0.896. The third kappa shape index (κ3) is 4.98. The summed E-state index contributed by atoms with van der Waals surface area (Å²) in [4.78, 5) is 24.8. The number of hydrogen-bond acceptors (Lipinski definition) is 5. The number of aromatic nitrogens is 4. The summed E-state index contributed by atoms with van der Waals surface area (Å²) in [7, 11) is 0. The standard InChI is InChI=1S/C34H35N5O2/c1-23(2)20-35-33-37-31-30(32(40)38-33)36-22-39(31)29-19-24(3)28(29)21-41-34(25-13-7-4-8-14-25,26-15-9-5-10-16-26)27-17-11-6-12-18-27/h4-18,22-23,28-29H,3,19-21H2,1-2H3,(H2,35,37,38,40)/t28-,29-/m1/s1. The molecule has 0 unspecified atom stereocenters. The molecule has 1 fully saturated rings. The van der Waals surface area contributed by atoms with E-state index in [9.17, 15) is 4.79 Å². The molecule has 2 N–H and O–H groups in total. The molecule has 0 amide bonds. The van der Waals surface area contributed by atoms with Crippen LogP contribution in [-0.2, 0) is 10.3 Å². The topological polar surface area (TPSA) is 84.8 Å². The van der Waals surface area contributed by atoms with Crippen LogP contribution in [0.3, 0.4) is 0 Å². The molecule has 0 bridgehead atoms. The van der Waals surface area contributed by atoms with E-state index < -0.39 is 5.60 Å². The van der Waals surface area contributed by atoms with Crippen molar-refractivity contribution < 1.29 is 4.74 Å². The van der Waals surface area contributed by atoms with Gasteiger partial charge in [0.15, 0.2) is 11.2 Å². The quantitative estimate of drug-likeness (QED) is 0.159. The number of rotatable bonds is 10. The highest BCUT2D eigenvalue weighted by Crippen LogP contribution is 2.47. The lowest BCUT2D eigenvalue weighted by atomic mass is 9.74. The van der Waals surface area contributed by atoms with Crippen molar-refractivity contribution in [2.24, 2.45) is 11.8 Å². The number of aromatic amines is 1. The number of anilines is 1. The van der Waals surface area contributed by atoms with Gasteiger partial charge in [0.25, 0.3) is 5.56 Å². The maximum Gasteiger partial charge on any atom is 0.280 e.